The molecule has 0 bridgehead atoms. The monoisotopic (exact) mass is 187 g/mol. The van der Waals surface area contributed by atoms with E-state index in [1.165, 1.54) is 4.90 Å². The van der Waals surface area contributed by atoms with Gasteiger partial charge in [0.05, 0.1) is 12.6 Å². The molecular formula is C9H17NO3. The van der Waals surface area contributed by atoms with Crippen LogP contribution in [0.1, 0.15) is 32.6 Å². The lowest BCUT2D eigenvalue weighted by atomic mass is 10.2. The highest BCUT2D eigenvalue weighted by molar-refractivity contribution is 5.65. The number of amides is 1. The van der Waals surface area contributed by atoms with Crippen LogP contribution < -0.4 is 0 Å². The number of hydrogen-bond donors (Lipinski definition) is 2. The van der Waals surface area contributed by atoms with Gasteiger partial charge < -0.3 is 15.1 Å². The summed E-state index contributed by atoms with van der Waals surface area (Å²) in [6.07, 6.45) is 3.18. The Morgan fingerprint density at radius 3 is 2.46 bits per heavy atom. The van der Waals surface area contributed by atoms with Crippen LogP contribution in [0.4, 0.5) is 4.79 Å². The van der Waals surface area contributed by atoms with Crippen LogP contribution in [0.3, 0.4) is 0 Å². The largest absolute Gasteiger partial charge is 0.465 e. The second kappa shape index (κ2) is 4.46. The van der Waals surface area contributed by atoms with E-state index in [0.29, 0.717) is 0 Å². The zero-order valence-electron chi connectivity index (χ0n) is 7.94. The summed E-state index contributed by atoms with van der Waals surface area (Å²) in [6, 6.07) is -0.153. The minimum atomic E-state index is -0.909. The van der Waals surface area contributed by atoms with Crippen molar-refractivity contribution in [3.8, 4) is 0 Å². The van der Waals surface area contributed by atoms with Gasteiger partial charge in [-0.15, -0.1) is 0 Å². The molecule has 0 saturated heterocycles. The normalized spacial score (nSPS) is 20.2. The Bertz CT molecular complexity index is 178. The van der Waals surface area contributed by atoms with E-state index in [1.54, 1.807) is 6.92 Å². The zero-order chi connectivity index (χ0) is 9.84. The van der Waals surface area contributed by atoms with Crippen LogP contribution in [0.5, 0.6) is 0 Å². The molecule has 0 aliphatic heterocycles. The summed E-state index contributed by atoms with van der Waals surface area (Å²) < 4.78 is 0. The van der Waals surface area contributed by atoms with Gasteiger partial charge in [0.25, 0.3) is 0 Å². The quantitative estimate of drug-likeness (QED) is 0.699. The van der Waals surface area contributed by atoms with E-state index in [4.69, 9.17) is 10.2 Å². The van der Waals surface area contributed by atoms with Crippen molar-refractivity contribution in [2.75, 3.05) is 6.61 Å². The molecule has 4 heteroatoms. The van der Waals surface area contributed by atoms with Crippen molar-refractivity contribution in [1.29, 1.82) is 0 Å². The maximum Gasteiger partial charge on any atom is 0.407 e. The molecule has 13 heavy (non-hydrogen) atoms. The molecule has 0 radical (unpaired) electrons. The van der Waals surface area contributed by atoms with Gasteiger partial charge in [0.2, 0.25) is 0 Å². The molecule has 4 nitrogen and oxygen atoms in total. The van der Waals surface area contributed by atoms with Crippen LogP contribution >= 0.6 is 0 Å². The van der Waals surface area contributed by atoms with Crippen molar-refractivity contribution >= 4 is 6.09 Å². The third kappa shape index (κ3) is 2.34. The fourth-order valence-electron chi connectivity index (χ4n) is 1.98. The molecular weight excluding hydrogens is 170 g/mol. The highest BCUT2D eigenvalue weighted by Gasteiger charge is 2.29. The van der Waals surface area contributed by atoms with Crippen molar-refractivity contribution in [1.82, 2.24) is 4.90 Å². The molecule has 0 aromatic rings. The molecule has 1 aliphatic rings. The first-order valence-electron chi connectivity index (χ1n) is 4.79. The van der Waals surface area contributed by atoms with Gasteiger partial charge in [0.15, 0.2) is 0 Å². The number of carboxylic acid groups (broad SMARTS) is 1. The SMILES string of the molecule is CC(CO)N(C(=O)O)C1CCCC1. The highest BCUT2D eigenvalue weighted by atomic mass is 16.4. The summed E-state index contributed by atoms with van der Waals surface area (Å²) in [5.74, 6) is 0. The number of nitrogens with zero attached hydrogens (tertiary/aromatic N) is 1. The van der Waals surface area contributed by atoms with Crippen LogP contribution in [-0.4, -0.2) is 39.9 Å². The van der Waals surface area contributed by atoms with Crippen molar-refractivity contribution in [3.05, 3.63) is 0 Å². The third-order valence-electron chi connectivity index (χ3n) is 2.68. The van der Waals surface area contributed by atoms with Crippen LogP contribution in [0, 0.1) is 0 Å². The molecule has 0 spiro atoms. The van der Waals surface area contributed by atoms with E-state index in [-0.39, 0.29) is 18.7 Å². The Labute approximate surface area is 78.2 Å². The van der Waals surface area contributed by atoms with Crippen molar-refractivity contribution in [2.24, 2.45) is 0 Å². The lowest BCUT2D eigenvalue weighted by molar-refractivity contribution is 0.0797. The van der Waals surface area contributed by atoms with E-state index in [0.717, 1.165) is 25.7 Å². The summed E-state index contributed by atoms with van der Waals surface area (Å²) in [6.45, 7) is 1.65. The summed E-state index contributed by atoms with van der Waals surface area (Å²) in [7, 11) is 0. The van der Waals surface area contributed by atoms with Gasteiger partial charge in [-0.2, -0.15) is 0 Å². The standard InChI is InChI=1S/C9H17NO3/c1-7(6-11)10(9(12)13)8-4-2-3-5-8/h7-8,11H,2-6H2,1H3,(H,12,13). The Kier molecular flexibility index (Phi) is 3.54. The van der Waals surface area contributed by atoms with Gasteiger partial charge >= 0.3 is 6.09 Å². The Morgan fingerprint density at radius 1 is 1.54 bits per heavy atom. The van der Waals surface area contributed by atoms with Crippen molar-refractivity contribution in [3.63, 3.8) is 0 Å². The van der Waals surface area contributed by atoms with Crippen LogP contribution in [0.2, 0.25) is 0 Å². The average molecular weight is 187 g/mol. The van der Waals surface area contributed by atoms with E-state index in [2.05, 4.69) is 0 Å². The summed E-state index contributed by atoms with van der Waals surface area (Å²) in [5, 5.41) is 17.9. The lowest BCUT2D eigenvalue weighted by Gasteiger charge is -2.30. The fourth-order valence-corrected chi connectivity index (χ4v) is 1.98. The Balaban J connectivity index is 2.60. The summed E-state index contributed by atoms with van der Waals surface area (Å²) in [5.41, 5.74) is 0. The first-order valence-corrected chi connectivity index (χ1v) is 4.79. The maximum atomic E-state index is 10.9. The second-order valence-electron chi connectivity index (χ2n) is 3.66. The smallest absolute Gasteiger partial charge is 0.407 e. The number of rotatable bonds is 3. The van der Waals surface area contributed by atoms with Crippen LogP contribution in [0.25, 0.3) is 0 Å². The molecule has 1 fully saturated rings. The molecule has 0 heterocycles. The molecule has 76 valence electrons. The number of carbonyl (C=O) groups is 1. The molecule has 2 N–H and O–H groups in total. The molecule has 1 saturated carbocycles. The van der Waals surface area contributed by atoms with E-state index >= 15 is 0 Å². The van der Waals surface area contributed by atoms with Gasteiger partial charge in [-0.3, -0.25) is 0 Å². The van der Waals surface area contributed by atoms with Gasteiger partial charge in [0, 0.05) is 6.04 Å². The number of aliphatic hydroxyl groups is 1. The number of aliphatic hydroxyl groups excluding tert-OH is 1. The first-order chi connectivity index (χ1) is 6.16. The molecule has 1 atom stereocenters. The predicted molar refractivity (Wildman–Crippen MR) is 48.7 cm³/mol. The number of hydrogen-bond acceptors (Lipinski definition) is 2. The second-order valence-corrected chi connectivity index (χ2v) is 3.66. The topological polar surface area (TPSA) is 60.8 Å². The van der Waals surface area contributed by atoms with Gasteiger partial charge in [-0.1, -0.05) is 12.8 Å². The van der Waals surface area contributed by atoms with Gasteiger partial charge in [0.1, 0.15) is 0 Å². The molecule has 1 aliphatic carbocycles. The Morgan fingerprint density at radius 2 is 2.08 bits per heavy atom. The van der Waals surface area contributed by atoms with E-state index in [1.807, 2.05) is 0 Å². The minimum Gasteiger partial charge on any atom is -0.465 e. The Hall–Kier alpha value is -0.770. The molecule has 1 amide bonds. The first kappa shape index (κ1) is 10.3. The summed E-state index contributed by atoms with van der Waals surface area (Å²) >= 11 is 0. The van der Waals surface area contributed by atoms with Crippen LogP contribution in [-0.2, 0) is 0 Å². The maximum absolute atomic E-state index is 10.9. The van der Waals surface area contributed by atoms with E-state index < -0.39 is 6.09 Å². The average Bonchev–Trinajstić information content (AvgIpc) is 2.56. The molecule has 0 aromatic heterocycles. The van der Waals surface area contributed by atoms with Crippen LogP contribution in [0.15, 0.2) is 0 Å². The lowest BCUT2D eigenvalue weighted by Crippen LogP contribution is -2.45. The molecule has 1 unspecified atom stereocenters. The van der Waals surface area contributed by atoms with Gasteiger partial charge in [-0.25, -0.2) is 4.79 Å². The minimum absolute atomic E-state index is 0.0944. The fraction of sp³-hybridized carbons (Fsp3) is 0.889. The van der Waals surface area contributed by atoms with Crippen molar-refractivity contribution < 1.29 is 15.0 Å². The van der Waals surface area contributed by atoms with Crippen molar-refractivity contribution in [2.45, 2.75) is 44.7 Å². The predicted octanol–water partition coefficient (Wildman–Crippen LogP) is 1.29. The molecule has 0 aromatic carbocycles. The third-order valence-corrected chi connectivity index (χ3v) is 2.68. The summed E-state index contributed by atoms with van der Waals surface area (Å²) in [4.78, 5) is 12.3. The van der Waals surface area contributed by atoms with Gasteiger partial charge in [-0.05, 0) is 19.8 Å². The highest BCUT2D eigenvalue weighted by Crippen LogP contribution is 2.24. The van der Waals surface area contributed by atoms with E-state index in [9.17, 15) is 4.79 Å². The molecule has 1 rings (SSSR count). The zero-order valence-corrected chi connectivity index (χ0v) is 7.94.